The van der Waals surface area contributed by atoms with Gasteiger partial charge in [0, 0.05) is 17.8 Å². The summed E-state index contributed by atoms with van der Waals surface area (Å²) in [6.07, 6.45) is -3.44. The normalized spacial score (nSPS) is 35.2. The van der Waals surface area contributed by atoms with E-state index in [1.54, 1.807) is 0 Å². The van der Waals surface area contributed by atoms with Crippen LogP contribution in [0.5, 0.6) is 0 Å². The van der Waals surface area contributed by atoms with Crippen LogP contribution in [-0.4, -0.2) is 61.1 Å². The van der Waals surface area contributed by atoms with Crippen molar-refractivity contribution in [2.45, 2.75) is 37.6 Å². The van der Waals surface area contributed by atoms with Crippen LogP contribution in [0.2, 0.25) is 0 Å². The molecule has 120 valence electrons. The average molecular weight is 330 g/mol. The van der Waals surface area contributed by atoms with E-state index in [-0.39, 0.29) is 24.0 Å². The van der Waals surface area contributed by atoms with E-state index >= 15 is 0 Å². The van der Waals surface area contributed by atoms with Gasteiger partial charge in [-0.2, -0.15) is 0 Å². The Bertz CT molecular complexity index is 532. The van der Waals surface area contributed by atoms with E-state index in [1.165, 1.54) is 6.92 Å². The number of fused-ring (bicyclic) bond motifs is 3. The highest BCUT2D eigenvalue weighted by Crippen LogP contribution is 2.38. The van der Waals surface area contributed by atoms with Crippen molar-refractivity contribution < 1.29 is 38.0 Å². The Morgan fingerprint density at radius 1 is 1.23 bits per heavy atom. The molecule has 3 aliphatic heterocycles. The van der Waals surface area contributed by atoms with Crippen LogP contribution in [-0.2, 0) is 38.0 Å². The van der Waals surface area contributed by atoms with Gasteiger partial charge in [0.2, 0.25) is 12.4 Å². The van der Waals surface area contributed by atoms with Crippen molar-refractivity contribution in [3.8, 4) is 0 Å². The van der Waals surface area contributed by atoms with Gasteiger partial charge in [0.15, 0.2) is 12.2 Å². The molecular weight excluding hydrogens is 316 g/mol. The zero-order chi connectivity index (χ0) is 15.9. The Morgan fingerprint density at radius 3 is 2.73 bits per heavy atom. The Hall–Kier alpha value is -1.71. The van der Waals surface area contributed by atoms with E-state index in [4.69, 9.17) is 40.6 Å². The minimum absolute atomic E-state index is 0.00317. The molecule has 0 radical (unpaired) electrons. The molecule has 5 atom stereocenters. The lowest BCUT2D eigenvalue weighted by Crippen LogP contribution is -2.35. The van der Waals surface area contributed by atoms with Crippen LogP contribution in [0.3, 0.4) is 0 Å². The van der Waals surface area contributed by atoms with Gasteiger partial charge in [-0.3, -0.25) is 0 Å². The summed E-state index contributed by atoms with van der Waals surface area (Å²) in [7, 11) is 0. The SMILES string of the molecule is C=C(C)C(=O)OCCOC1C(=O)OC2C3OC(=S)OC3OC12. The van der Waals surface area contributed by atoms with Crippen LogP contribution in [0, 0.1) is 0 Å². The molecule has 8 nitrogen and oxygen atoms in total. The second kappa shape index (κ2) is 5.82. The number of thiocarbonyl (C=S) groups is 1. The number of carbonyl (C=O) groups excluding carboxylic acids is 2. The second-order valence-electron chi connectivity index (χ2n) is 5.03. The molecule has 5 unspecified atom stereocenters. The highest BCUT2D eigenvalue weighted by atomic mass is 32.1. The fraction of sp³-hybridized carbons (Fsp3) is 0.615. The predicted molar refractivity (Wildman–Crippen MR) is 72.6 cm³/mol. The van der Waals surface area contributed by atoms with Gasteiger partial charge >= 0.3 is 17.2 Å². The smallest absolute Gasteiger partial charge is 0.355 e. The molecule has 0 spiro atoms. The van der Waals surface area contributed by atoms with Gasteiger partial charge in [-0.1, -0.05) is 6.58 Å². The summed E-state index contributed by atoms with van der Waals surface area (Å²) in [4.78, 5) is 23.0. The monoisotopic (exact) mass is 330 g/mol. The molecule has 22 heavy (non-hydrogen) atoms. The lowest BCUT2D eigenvalue weighted by molar-refractivity contribution is -0.161. The van der Waals surface area contributed by atoms with Crippen LogP contribution in [0.4, 0.5) is 0 Å². The fourth-order valence-electron chi connectivity index (χ4n) is 2.41. The Balaban J connectivity index is 1.51. The predicted octanol–water partition coefficient (Wildman–Crippen LogP) is -0.159. The lowest BCUT2D eigenvalue weighted by Gasteiger charge is -2.15. The van der Waals surface area contributed by atoms with Crippen molar-refractivity contribution in [2.75, 3.05) is 13.2 Å². The number of esters is 2. The van der Waals surface area contributed by atoms with E-state index < -0.39 is 42.6 Å². The van der Waals surface area contributed by atoms with Crippen LogP contribution in [0.25, 0.3) is 0 Å². The first-order valence-electron chi connectivity index (χ1n) is 6.65. The Kier molecular flexibility index (Phi) is 4.02. The zero-order valence-corrected chi connectivity index (χ0v) is 12.5. The van der Waals surface area contributed by atoms with Crippen molar-refractivity contribution in [2.24, 2.45) is 0 Å². The molecule has 3 heterocycles. The van der Waals surface area contributed by atoms with E-state index in [9.17, 15) is 9.59 Å². The van der Waals surface area contributed by atoms with Gasteiger partial charge in [-0.25, -0.2) is 9.59 Å². The van der Waals surface area contributed by atoms with E-state index in [1.807, 2.05) is 0 Å². The summed E-state index contributed by atoms with van der Waals surface area (Å²) >= 11 is 4.77. The highest BCUT2D eigenvalue weighted by Gasteiger charge is 2.62. The summed E-state index contributed by atoms with van der Waals surface area (Å²) < 4.78 is 31.4. The Labute approximate surface area is 131 Å². The molecule has 0 N–H and O–H groups in total. The minimum Gasteiger partial charge on any atom is -0.460 e. The molecule has 9 heteroatoms. The molecule has 0 aromatic carbocycles. The number of carbonyl (C=O) groups is 2. The van der Waals surface area contributed by atoms with Crippen molar-refractivity contribution >= 4 is 29.4 Å². The van der Waals surface area contributed by atoms with Crippen LogP contribution in [0.15, 0.2) is 12.2 Å². The minimum atomic E-state index is -0.917. The van der Waals surface area contributed by atoms with Crippen LogP contribution >= 0.6 is 12.2 Å². The third-order valence-corrected chi connectivity index (χ3v) is 3.59. The maximum Gasteiger partial charge on any atom is 0.355 e. The summed E-state index contributed by atoms with van der Waals surface area (Å²) in [6, 6.07) is 0. The molecule has 3 fully saturated rings. The third kappa shape index (κ3) is 2.67. The summed E-state index contributed by atoms with van der Waals surface area (Å²) in [5.41, 5.74) is 0.289. The van der Waals surface area contributed by atoms with Crippen molar-refractivity contribution in [1.29, 1.82) is 0 Å². The average Bonchev–Trinajstić information content (AvgIpc) is 3.05. The molecule has 0 amide bonds. The van der Waals surface area contributed by atoms with Crippen molar-refractivity contribution in [1.82, 2.24) is 0 Å². The molecular formula is C13H14O8S. The Morgan fingerprint density at radius 2 is 2.00 bits per heavy atom. The summed E-state index contributed by atoms with van der Waals surface area (Å²) in [5, 5.41) is -0.0272. The van der Waals surface area contributed by atoms with E-state index in [0.29, 0.717) is 0 Å². The lowest BCUT2D eigenvalue weighted by atomic mass is 10.1. The van der Waals surface area contributed by atoms with Crippen molar-refractivity contribution in [3.63, 3.8) is 0 Å². The molecule has 3 saturated heterocycles. The first-order valence-corrected chi connectivity index (χ1v) is 7.05. The first-order chi connectivity index (χ1) is 10.5. The summed E-state index contributed by atoms with van der Waals surface area (Å²) in [6.45, 7) is 5.02. The fourth-order valence-corrected chi connectivity index (χ4v) is 2.62. The van der Waals surface area contributed by atoms with Gasteiger partial charge < -0.3 is 28.4 Å². The van der Waals surface area contributed by atoms with Gasteiger partial charge in [0.25, 0.3) is 0 Å². The largest absolute Gasteiger partial charge is 0.460 e. The number of hydrogen-bond acceptors (Lipinski definition) is 9. The van der Waals surface area contributed by atoms with E-state index in [2.05, 4.69) is 6.58 Å². The quantitative estimate of drug-likeness (QED) is 0.295. The van der Waals surface area contributed by atoms with Crippen LogP contribution in [0.1, 0.15) is 6.92 Å². The van der Waals surface area contributed by atoms with Gasteiger partial charge in [0.1, 0.15) is 12.7 Å². The molecule has 0 aromatic rings. The van der Waals surface area contributed by atoms with E-state index in [0.717, 1.165) is 0 Å². The van der Waals surface area contributed by atoms with Gasteiger partial charge in [-0.15, -0.1) is 0 Å². The zero-order valence-electron chi connectivity index (χ0n) is 11.7. The molecule has 0 aromatic heterocycles. The van der Waals surface area contributed by atoms with Crippen LogP contribution < -0.4 is 0 Å². The van der Waals surface area contributed by atoms with Crippen molar-refractivity contribution in [3.05, 3.63) is 12.2 Å². The maximum atomic E-state index is 11.8. The molecule has 3 rings (SSSR count). The number of hydrogen-bond donors (Lipinski definition) is 0. The molecule has 3 aliphatic rings. The van der Waals surface area contributed by atoms with Gasteiger partial charge in [0.05, 0.1) is 6.61 Å². The molecule has 0 bridgehead atoms. The first kappa shape index (κ1) is 15.2. The summed E-state index contributed by atoms with van der Waals surface area (Å²) in [5.74, 6) is -1.07. The number of ether oxygens (including phenoxy) is 6. The number of rotatable bonds is 5. The molecule has 0 aliphatic carbocycles. The highest BCUT2D eigenvalue weighted by molar-refractivity contribution is 7.79. The standard InChI is InChI=1S/C13H14O8S/c1-5(2)10(14)17-4-3-16-8-6-7(18-11(8)15)9-12(19-6)21-13(22)20-9/h6-9,12H,1,3-4H2,2H3. The second-order valence-corrected chi connectivity index (χ2v) is 5.36. The maximum absolute atomic E-state index is 11.8. The van der Waals surface area contributed by atoms with Gasteiger partial charge in [-0.05, 0) is 6.92 Å². The molecule has 0 saturated carbocycles. The topological polar surface area (TPSA) is 89.5 Å². The third-order valence-electron chi connectivity index (χ3n) is 3.40.